The molecule has 1 N–H and O–H groups in total. The molecule has 2 aromatic heterocycles. The van der Waals surface area contributed by atoms with Crippen LogP contribution < -0.4 is 10.2 Å². The summed E-state index contributed by atoms with van der Waals surface area (Å²) in [6.07, 6.45) is -2.30. The summed E-state index contributed by atoms with van der Waals surface area (Å²) in [5, 5.41) is 3.24. The van der Waals surface area contributed by atoms with Gasteiger partial charge in [0.25, 0.3) is 5.91 Å². The molecule has 1 amide bonds. The summed E-state index contributed by atoms with van der Waals surface area (Å²) in [6, 6.07) is 7.82. The van der Waals surface area contributed by atoms with Crippen LogP contribution in [0.4, 0.5) is 23.4 Å². The van der Waals surface area contributed by atoms with Crippen LogP contribution in [0.5, 0.6) is 0 Å². The molecule has 10 heteroatoms. The summed E-state index contributed by atoms with van der Waals surface area (Å²) in [4.78, 5) is 26.7. The monoisotopic (exact) mass is 431 g/mol. The molecule has 31 heavy (non-hydrogen) atoms. The van der Waals surface area contributed by atoms with Gasteiger partial charge in [-0.2, -0.15) is 13.2 Å². The smallest absolute Gasteiger partial charge is 0.354 e. The van der Waals surface area contributed by atoms with Gasteiger partial charge >= 0.3 is 6.18 Å². The molecule has 1 aromatic carbocycles. The number of carbonyl (C=O) groups excluding carboxylic acids is 1. The number of nitrogens with zero attached hydrogens (tertiary/aromatic N) is 4. The predicted molar refractivity (Wildman–Crippen MR) is 107 cm³/mol. The first kappa shape index (κ1) is 20.7. The van der Waals surface area contributed by atoms with Gasteiger partial charge in [0.1, 0.15) is 5.82 Å². The second kappa shape index (κ2) is 7.93. The van der Waals surface area contributed by atoms with Crippen LogP contribution >= 0.6 is 0 Å². The highest BCUT2D eigenvalue weighted by Crippen LogP contribution is 2.32. The summed E-state index contributed by atoms with van der Waals surface area (Å²) in [5.41, 5.74) is 0.0505. The largest absolute Gasteiger partial charge is 0.416 e. The van der Waals surface area contributed by atoms with Crippen molar-refractivity contribution >= 4 is 22.8 Å². The number of hydrogen-bond donors (Lipinski definition) is 1. The average molecular weight is 431 g/mol. The first-order valence-corrected chi connectivity index (χ1v) is 9.43. The number of amides is 1. The standard InChI is InChI=1S/C21H17F4N5O/c1-12(22)20(31)27-15-8-10-30(11-15)19-16-3-2-9-26-18(16)28-17(29-19)13-4-6-14(7-5-13)21(23,24)25/h2-7,9,15H,1,8,10-11H2,(H,27,31). The third-order valence-electron chi connectivity index (χ3n) is 4.99. The maximum atomic E-state index is 13.0. The van der Waals surface area contributed by atoms with Crippen molar-refractivity contribution in [1.82, 2.24) is 20.3 Å². The van der Waals surface area contributed by atoms with Crippen LogP contribution in [0.25, 0.3) is 22.4 Å². The van der Waals surface area contributed by atoms with Gasteiger partial charge in [-0.05, 0) is 30.7 Å². The van der Waals surface area contributed by atoms with E-state index in [0.717, 1.165) is 12.1 Å². The van der Waals surface area contributed by atoms with Gasteiger partial charge in [-0.15, -0.1) is 0 Å². The molecule has 1 unspecified atom stereocenters. The molecule has 0 bridgehead atoms. The van der Waals surface area contributed by atoms with Crippen molar-refractivity contribution in [3.63, 3.8) is 0 Å². The van der Waals surface area contributed by atoms with Crippen LogP contribution in [-0.4, -0.2) is 40.0 Å². The fraction of sp³-hybridized carbons (Fsp3) is 0.238. The minimum Gasteiger partial charge on any atom is -0.354 e. The van der Waals surface area contributed by atoms with E-state index in [0.29, 0.717) is 41.9 Å². The third kappa shape index (κ3) is 4.32. The van der Waals surface area contributed by atoms with Gasteiger partial charge < -0.3 is 10.2 Å². The fourth-order valence-corrected chi connectivity index (χ4v) is 3.46. The minimum atomic E-state index is -4.44. The predicted octanol–water partition coefficient (Wildman–Crippen LogP) is 3.89. The average Bonchev–Trinajstić information content (AvgIpc) is 3.20. The molecule has 4 rings (SSSR count). The Bertz CT molecular complexity index is 1150. The van der Waals surface area contributed by atoms with E-state index in [2.05, 4.69) is 26.8 Å². The van der Waals surface area contributed by atoms with Gasteiger partial charge in [-0.1, -0.05) is 18.7 Å². The van der Waals surface area contributed by atoms with Crippen molar-refractivity contribution in [3.8, 4) is 11.4 Å². The molecule has 3 heterocycles. The normalized spacial score (nSPS) is 16.5. The molecule has 0 saturated carbocycles. The molecule has 3 aromatic rings. The molecule has 0 aliphatic carbocycles. The van der Waals surface area contributed by atoms with E-state index in [1.54, 1.807) is 18.3 Å². The molecule has 1 aliphatic rings. The number of aromatic nitrogens is 3. The highest BCUT2D eigenvalue weighted by Gasteiger charge is 2.30. The topological polar surface area (TPSA) is 71.0 Å². The van der Waals surface area contributed by atoms with Crippen LogP contribution in [0.3, 0.4) is 0 Å². The van der Waals surface area contributed by atoms with Gasteiger partial charge in [0.05, 0.1) is 10.9 Å². The molecule has 1 fully saturated rings. The van der Waals surface area contributed by atoms with E-state index in [9.17, 15) is 22.4 Å². The second-order valence-electron chi connectivity index (χ2n) is 7.13. The Balaban J connectivity index is 1.68. The number of pyridine rings is 1. The SMILES string of the molecule is C=C(F)C(=O)NC1CCN(c2nc(-c3ccc(C(F)(F)F)cc3)nc3ncccc23)C1. The van der Waals surface area contributed by atoms with Gasteiger partial charge in [-0.3, -0.25) is 4.79 Å². The van der Waals surface area contributed by atoms with Gasteiger partial charge in [0, 0.05) is 30.9 Å². The van der Waals surface area contributed by atoms with Crippen molar-refractivity contribution in [1.29, 1.82) is 0 Å². The summed E-state index contributed by atoms with van der Waals surface area (Å²) < 4.78 is 51.6. The van der Waals surface area contributed by atoms with E-state index < -0.39 is 23.5 Å². The van der Waals surface area contributed by atoms with E-state index in [-0.39, 0.29) is 11.9 Å². The molecule has 1 aliphatic heterocycles. The number of anilines is 1. The third-order valence-corrected chi connectivity index (χ3v) is 4.99. The lowest BCUT2D eigenvalue weighted by Crippen LogP contribution is -2.37. The van der Waals surface area contributed by atoms with E-state index >= 15 is 0 Å². The van der Waals surface area contributed by atoms with Crippen LogP contribution in [-0.2, 0) is 11.0 Å². The fourth-order valence-electron chi connectivity index (χ4n) is 3.46. The zero-order valence-corrected chi connectivity index (χ0v) is 16.2. The number of hydrogen-bond acceptors (Lipinski definition) is 5. The van der Waals surface area contributed by atoms with Gasteiger partial charge in [0.2, 0.25) is 0 Å². The van der Waals surface area contributed by atoms with Crippen molar-refractivity contribution in [2.24, 2.45) is 0 Å². The zero-order valence-electron chi connectivity index (χ0n) is 16.2. The number of carbonyl (C=O) groups is 1. The molecular weight excluding hydrogens is 414 g/mol. The first-order valence-electron chi connectivity index (χ1n) is 9.43. The second-order valence-corrected chi connectivity index (χ2v) is 7.13. The lowest BCUT2D eigenvalue weighted by Gasteiger charge is -2.20. The Labute approximate surface area is 174 Å². The molecule has 1 atom stereocenters. The number of benzene rings is 1. The minimum absolute atomic E-state index is 0.236. The van der Waals surface area contributed by atoms with Crippen molar-refractivity contribution in [2.45, 2.75) is 18.6 Å². The molecule has 160 valence electrons. The van der Waals surface area contributed by atoms with E-state index in [1.807, 2.05) is 4.90 Å². The Morgan fingerprint density at radius 2 is 1.90 bits per heavy atom. The quantitative estimate of drug-likeness (QED) is 0.501. The summed E-state index contributed by atoms with van der Waals surface area (Å²) in [7, 11) is 0. The number of halogens is 4. The number of rotatable bonds is 4. The Morgan fingerprint density at radius 3 is 2.58 bits per heavy atom. The van der Waals surface area contributed by atoms with Crippen LogP contribution in [0.1, 0.15) is 12.0 Å². The van der Waals surface area contributed by atoms with Crippen molar-refractivity contribution < 1.29 is 22.4 Å². The highest BCUT2D eigenvalue weighted by atomic mass is 19.4. The number of fused-ring (bicyclic) bond motifs is 1. The van der Waals surface area contributed by atoms with Crippen LogP contribution in [0, 0.1) is 0 Å². The number of alkyl halides is 3. The van der Waals surface area contributed by atoms with Gasteiger partial charge in [-0.25, -0.2) is 19.3 Å². The van der Waals surface area contributed by atoms with Gasteiger partial charge in [0.15, 0.2) is 17.3 Å². The maximum absolute atomic E-state index is 13.0. The summed E-state index contributed by atoms with van der Waals surface area (Å²) in [6.45, 7) is 3.91. The van der Waals surface area contributed by atoms with Crippen LogP contribution in [0.15, 0.2) is 55.0 Å². The Morgan fingerprint density at radius 1 is 1.16 bits per heavy atom. The zero-order chi connectivity index (χ0) is 22.2. The molecule has 1 saturated heterocycles. The van der Waals surface area contributed by atoms with E-state index in [4.69, 9.17) is 0 Å². The van der Waals surface area contributed by atoms with E-state index in [1.165, 1.54) is 12.1 Å². The Hall–Kier alpha value is -3.56. The molecular formula is C21H17F4N5O. The molecule has 0 radical (unpaired) electrons. The maximum Gasteiger partial charge on any atom is 0.416 e. The summed E-state index contributed by atoms with van der Waals surface area (Å²) in [5.74, 6) is -1.13. The van der Waals surface area contributed by atoms with Crippen molar-refractivity contribution in [3.05, 3.63) is 60.6 Å². The molecule has 6 nitrogen and oxygen atoms in total. The van der Waals surface area contributed by atoms with Crippen LogP contribution in [0.2, 0.25) is 0 Å². The lowest BCUT2D eigenvalue weighted by molar-refractivity contribution is -0.137. The Kier molecular flexibility index (Phi) is 5.30. The first-order chi connectivity index (χ1) is 14.7. The van der Waals surface area contributed by atoms with Crippen molar-refractivity contribution in [2.75, 3.05) is 18.0 Å². The number of nitrogens with one attached hydrogen (secondary N) is 1. The lowest BCUT2D eigenvalue weighted by atomic mass is 10.1. The summed E-state index contributed by atoms with van der Waals surface area (Å²) >= 11 is 0. The molecule has 0 spiro atoms. The highest BCUT2D eigenvalue weighted by molar-refractivity contribution is 5.91.